The Morgan fingerprint density at radius 3 is 1.86 bits per heavy atom. The van der Waals surface area contributed by atoms with Gasteiger partial charge in [-0.15, -0.1) is 13.2 Å². The summed E-state index contributed by atoms with van der Waals surface area (Å²) in [6.07, 6.45) is -3.10. The number of nitrogens with one attached hydrogen (secondary N) is 1. The van der Waals surface area contributed by atoms with Crippen molar-refractivity contribution in [3.8, 4) is 23.0 Å². The molecular formula is C31H32F3N3O5S. The molecule has 12 heteroatoms. The molecule has 0 aliphatic carbocycles. The summed E-state index contributed by atoms with van der Waals surface area (Å²) in [5.74, 6) is 2.28. The molecular weight excluding hydrogens is 583 g/mol. The van der Waals surface area contributed by atoms with E-state index in [1.165, 1.54) is 17.8 Å². The number of alkyl halides is 3. The van der Waals surface area contributed by atoms with Crippen molar-refractivity contribution in [1.29, 1.82) is 0 Å². The summed E-state index contributed by atoms with van der Waals surface area (Å²) in [6.45, 7) is 1.88. The Bertz CT molecular complexity index is 1390. The first-order valence-electron chi connectivity index (χ1n) is 13.3. The smallest absolute Gasteiger partial charge is 0.497 e. The third-order valence-electron chi connectivity index (χ3n) is 6.46. The molecule has 1 unspecified atom stereocenters. The minimum Gasteiger partial charge on any atom is -0.497 e. The second-order valence-corrected chi connectivity index (χ2v) is 10.5. The Hall–Kier alpha value is -4.26. The third-order valence-corrected chi connectivity index (χ3v) is 7.19. The fourth-order valence-corrected chi connectivity index (χ4v) is 4.68. The number of para-hydroxylation sites is 4. The number of rotatable bonds is 4. The number of piperidine rings is 1. The van der Waals surface area contributed by atoms with Crippen molar-refractivity contribution in [2.75, 3.05) is 30.4 Å². The number of nitrogens with zero attached hydrogens (tertiary/aromatic N) is 1. The normalized spacial score (nSPS) is 14.6. The molecule has 2 heterocycles. The molecule has 6 rings (SSSR count). The molecule has 1 atom stereocenters. The Kier molecular flexibility index (Phi) is 10.9. The van der Waals surface area contributed by atoms with Crippen LogP contribution in [0.2, 0.25) is 0 Å². The van der Waals surface area contributed by atoms with Crippen LogP contribution >= 0.6 is 0 Å². The summed E-state index contributed by atoms with van der Waals surface area (Å²) in [4.78, 5) is 2.53. The Morgan fingerprint density at radius 2 is 1.37 bits per heavy atom. The molecule has 8 nitrogen and oxygen atoms in total. The van der Waals surface area contributed by atoms with Gasteiger partial charge in [0.25, 0.3) is 0 Å². The van der Waals surface area contributed by atoms with E-state index in [4.69, 9.17) is 14.6 Å². The number of anilines is 3. The van der Waals surface area contributed by atoms with Crippen LogP contribution in [0, 0.1) is 0 Å². The van der Waals surface area contributed by atoms with E-state index in [0.717, 1.165) is 66.7 Å². The van der Waals surface area contributed by atoms with E-state index in [1.807, 2.05) is 60.7 Å². The number of nitrogens with two attached hydrogens (primary N) is 1. The van der Waals surface area contributed by atoms with Crippen molar-refractivity contribution < 1.29 is 36.7 Å². The summed E-state index contributed by atoms with van der Waals surface area (Å²) < 4.78 is 60.2. The average molecular weight is 616 g/mol. The maximum Gasteiger partial charge on any atom is 0.573 e. The second-order valence-electron chi connectivity index (χ2n) is 9.45. The molecule has 4 aromatic carbocycles. The van der Waals surface area contributed by atoms with Gasteiger partial charge < -0.3 is 29.5 Å². The van der Waals surface area contributed by atoms with E-state index >= 15 is 0 Å². The van der Waals surface area contributed by atoms with E-state index in [2.05, 4.69) is 27.1 Å². The van der Waals surface area contributed by atoms with E-state index in [-0.39, 0.29) is 16.7 Å². The van der Waals surface area contributed by atoms with Crippen LogP contribution in [0.15, 0.2) is 102 Å². The highest BCUT2D eigenvalue weighted by molar-refractivity contribution is 7.82. The number of ether oxygens (including phenoxy) is 3. The zero-order valence-electron chi connectivity index (χ0n) is 23.3. The van der Waals surface area contributed by atoms with Crippen LogP contribution in [0.3, 0.4) is 0 Å². The average Bonchev–Trinajstić information content (AvgIpc) is 3.00. The van der Waals surface area contributed by atoms with E-state index in [9.17, 15) is 22.5 Å². The number of aliphatic hydroxyl groups excluding tert-OH is 1. The van der Waals surface area contributed by atoms with Gasteiger partial charge in [-0.3, -0.25) is 0 Å². The van der Waals surface area contributed by atoms with Crippen molar-refractivity contribution in [2.45, 2.75) is 30.2 Å². The predicted octanol–water partition coefficient (Wildman–Crippen LogP) is 6.76. The molecule has 2 aliphatic rings. The largest absolute Gasteiger partial charge is 0.573 e. The number of hydrogen-bond donors (Lipinski definition) is 3. The highest BCUT2D eigenvalue weighted by atomic mass is 32.2. The lowest BCUT2D eigenvalue weighted by molar-refractivity contribution is -0.274. The zero-order valence-corrected chi connectivity index (χ0v) is 24.1. The van der Waals surface area contributed by atoms with Crippen LogP contribution in [-0.2, 0) is 11.0 Å². The molecule has 0 bridgehead atoms. The van der Waals surface area contributed by atoms with Crippen LogP contribution in [0.25, 0.3) is 0 Å². The van der Waals surface area contributed by atoms with Gasteiger partial charge in [-0.05, 0) is 85.6 Å². The number of methoxy groups -OCH3 is 1. The van der Waals surface area contributed by atoms with Crippen molar-refractivity contribution in [3.05, 3.63) is 97.1 Å². The van der Waals surface area contributed by atoms with Gasteiger partial charge in [0.2, 0.25) is 0 Å². The number of hydrogen-bond acceptors (Lipinski definition) is 7. The summed E-state index contributed by atoms with van der Waals surface area (Å²) >= 11 is 0. The van der Waals surface area contributed by atoms with Gasteiger partial charge >= 0.3 is 6.36 Å². The lowest BCUT2D eigenvalue weighted by Crippen LogP contribution is -2.35. The standard InChI is InChI=1S/C12H17NO2.C12H9NO.C7H6F3NO2S/c1-15-12-4-2-10(3-5-12)13-8-6-11(14)7-9-13;1-3-7-11-9(5-1)13-10-6-2-4-8-12(10)14-11;8-7(9,10)13-5-1-3-6(4-2-5)14(11)12/h2-5,11,14H,6-9H2,1H3;1-8,13H;1-4H,11H2. The van der Waals surface area contributed by atoms with Gasteiger partial charge in [0, 0.05) is 18.8 Å². The minimum atomic E-state index is -4.72. The topological polar surface area (TPSA) is 106 Å². The van der Waals surface area contributed by atoms with Gasteiger partial charge in [-0.1, -0.05) is 24.3 Å². The first kappa shape index (κ1) is 31.7. The molecule has 1 fully saturated rings. The molecule has 43 heavy (non-hydrogen) atoms. The molecule has 0 spiro atoms. The van der Waals surface area contributed by atoms with Crippen LogP contribution in [0.4, 0.5) is 30.2 Å². The lowest BCUT2D eigenvalue weighted by Gasteiger charge is -2.31. The number of halogens is 3. The van der Waals surface area contributed by atoms with E-state index in [1.54, 1.807) is 7.11 Å². The van der Waals surface area contributed by atoms with Crippen LogP contribution < -0.4 is 29.6 Å². The maximum atomic E-state index is 11.7. The summed E-state index contributed by atoms with van der Waals surface area (Å²) in [7, 11) is -0.0243. The van der Waals surface area contributed by atoms with E-state index < -0.39 is 17.3 Å². The molecule has 0 aromatic heterocycles. The van der Waals surface area contributed by atoms with Gasteiger partial charge in [-0.2, -0.15) is 0 Å². The van der Waals surface area contributed by atoms with Gasteiger partial charge in [-0.25, -0.2) is 9.35 Å². The zero-order chi connectivity index (χ0) is 30.8. The SMILES string of the molecule is COc1ccc(N2CCC(O)CC2)cc1.NS(=O)c1ccc(OC(F)(F)F)cc1.c1ccc2c(c1)Nc1ccccc1O2. The predicted molar refractivity (Wildman–Crippen MR) is 160 cm³/mol. The molecule has 0 amide bonds. The fraction of sp³-hybridized carbons (Fsp3) is 0.226. The molecule has 228 valence electrons. The van der Waals surface area contributed by atoms with Crippen molar-refractivity contribution in [3.63, 3.8) is 0 Å². The highest BCUT2D eigenvalue weighted by Crippen LogP contribution is 2.41. The molecule has 0 radical (unpaired) electrons. The first-order valence-corrected chi connectivity index (χ1v) is 14.5. The molecule has 4 N–H and O–H groups in total. The highest BCUT2D eigenvalue weighted by Gasteiger charge is 2.31. The van der Waals surface area contributed by atoms with Crippen molar-refractivity contribution in [2.24, 2.45) is 5.14 Å². The van der Waals surface area contributed by atoms with Gasteiger partial charge in [0.1, 0.15) is 22.5 Å². The van der Waals surface area contributed by atoms with Gasteiger partial charge in [0.15, 0.2) is 11.5 Å². The first-order chi connectivity index (χ1) is 20.6. The number of benzene rings is 4. The molecule has 0 saturated carbocycles. The monoisotopic (exact) mass is 615 g/mol. The quantitative estimate of drug-likeness (QED) is 0.205. The van der Waals surface area contributed by atoms with Gasteiger partial charge in [0.05, 0.1) is 29.5 Å². The van der Waals surface area contributed by atoms with Crippen LogP contribution in [0.5, 0.6) is 23.0 Å². The number of fused-ring (bicyclic) bond motifs is 2. The Morgan fingerprint density at radius 1 is 0.860 bits per heavy atom. The lowest BCUT2D eigenvalue weighted by atomic mass is 10.1. The molecule has 2 aliphatic heterocycles. The summed E-state index contributed by atoms with van der Waals surface area (Å²) in [5, 5.41) is 17.7. The van der Waals surface area contributed by atoms with E-state index in [0.29, 0.717) is 0 Å². The van der Waals surface area contributed by atoms with Crippen molar-refractivity contribution in [1.82, 2.24) is 0 Å². The maximum absolute atomic E-state index is 11.7. The summed E-state index contributed by atoms with van der Waals surface area (Å²) in [5.41, 5.74) is 3.25. The second kappa shape index (κ2) is 14.8. The Labute approximate surface area is 250 Å². The minimum absolute atomic E-state index is 0.112. The van der Waals surface area contributed by atoms with Crippen LogP contribution in [-0.4, -0.2) is 42.0 Å². The van der Waals surface area contributed by atoms with Crippen molar-refractivity contribution >= 4 is 28.0 Å². The van der Waals surface area contributed by atoms with Crippen LogP contribution in [0.1, 0.15) is 12.8 Å². The number of aliphatic hydroxyl groups is 1. The fourth-order valence-electron chi connectivity index (χ4n) is 4.27. The summed E-state index contributed by atoms with van der Waals surface area (Å²) in [6, 6.07) is 28.4. The molecule has 1 saturated heterocycles. The molecule has 4 aromatic rings. The third kappa shape index (κ3) is 9.63. The Balaban J connectivity index is 0.000000148.